The Morgan fingerprint density at radius 1 is 1.29 bits per heavy atom. The van der Waals surface area contributed by atoms with Gasteiger partial charge in [-0.05, 0) is 44.2 Å². The first kappa shape index (κ1) is 12.1. The van der Waals surface area contributed by atoms with Crippen LogP contribution in [0.2, 0.25) is 0 Å². The van der Waals surface area contributed by atoms with E-state index in [-0.39, 0.29) is 5.91 Å². The smallest absolute Gasteiger partial charge is 0.237 e. The third-order valence-corrected chi connectivity index (χ3v) is 4.06. The van der Waals surface area contributed by atoms with Gasteiger partial charge in [-0.1, -0.05) is 30.3 Å². The molecule has 0 unspecified atom stereocenters. The van der Waals surface area contributed by atoms with Gasteiger partial charge >= 0.3 is 0 Å². The van der Waals surface area contributed by atoms with Crippen LogP contribution in [0.4, 0.5) is 0 Å². The summed E-state index contributed by atoms with van der Waals surface area (Å²) in [5.74, 6) is 0.350. The Morgan fingerprint density at radius 2 is 1.88 bits per heavy atom. The van der Waals surface area contributed by atoms with E-state index in [9.17, 15) is 4.79 Å². The predicted molar refractivity (Wildman–Crippen MR) is 68.6 cm³/mol. The summed E-state index contributed by atoms with van der Waals surface area (Å²) >= 11 is 0. The number of carbonyl (C=O) groups excluding carboxylic acids is 1. The molecule has 3 N–H and O–H groups in total. The lowest BCUT2D eigenvalue weighted by atomic mass is 9.74. The van der Waals surface area contributed by atoms with Gasteiger partial charge in [-0.15, -0.1) is 0 Å². The Hall–Kier alpha value is -1.35. The van der Waals surface area contributed by atoms with E-state index in [4.69, 9.17) is 5.73 Å². The quantitative estimate of drug-likeness (QED) is 0.834. The van der Waals surface area contributed by atoms with Crippen molar-refractivity contribution in [2.75, 3.05) is 7.05 Å². The highest BCUT2D eigenvalue weighted by molar-refractivity contribution is 5.84. The zero-order valence-corrected chi connectivity index (χ0v) is 10.3. The van der Waals surface area contributed by atoms with Crippen molar-refractivity contribution in [3.05, 3.63) is 35.9 Å². The van der Waals surface area contributed by atoms with Gasteiger partial charge < -0.3 is 11.1 Å². The molecule has 0 radical (unpaired) electrons. The van der Waals surface area contributed by atoms with Crippen molar-refractivity contribution in [2.24, 2.45) is 5.73 Å². The van der Waals surface area contributed by atoms with Gasteiger partial charge in [0.05, 0.1) is 5.54 Å². The zero-order valence-electron chi connectivity index (χ0n) is 10.3. The summed E-state index contributed by atoms with van der Waals surface area (Å²) in [5, 5.41) is 3.11. The normalized spacial score (nSPS) is 28.9. The fourth-order valence-corrected chi connectivity index (χ4v) is 2.79. The third-order valence-electron chi connectivity index (χ3n) is 4.06. The average Bonchev–Trinajstić information content (AvgIpc) is 2.39. The van der Waals surface area contributed by atoms with Crippen LogP contribution in [0.15, 0.2) is 30.3 Å². The first-order valence-corrected chi connectivity index (χ1v) is 6.22. The van der Waals surface area contributed by atoms with Crippen LogP contribution in [0.1, 0.15) is 37.2 Å². The highest BCUT2D eigenvalue weighted by Gasteiger charge is 2.39. The van der Waals surface area contributed by atoms with Crippen LogP contribution in [-0.4, -0.2) is 18.5 Å². The van der Waals surface area contributed by atoms with E-state index < -0.39 is 5.54 Å². The van der Waals surface area contributed by atoms with E-state index >= 15 is 0 Å². The van der Waals surface area contributed by atoms with E-state index in [0.29, 0.717) is 5.92 Å². The van der Waals surface area contributed by atoms with Crippen molar-refractivity contribution in [1.82, 2.24) is 5.32 Å². The van der Waals surface area contributed by atoms with Crippen molar-refractivity contribution < 1.29 is 4.79 Å². The largest absolute Gasteiger partial charge is 0.368 e. The Morgan fingerprint density at radius 3 is 2.35 bits per heavy atom. The average molecular weight is 232 g/mol. The molecule has 1 aliphatic rings. The highest BCUT2D eigenvalue weighted by Crippen LogP contribution is 2.37. The second kappa shape index (κ2) is 4.88. The van der Waals surface area contributed by atoms with E-state index in [1.807, 2.05) is 13.1 Å². The summed E-state index contributed by atoms with van der Waals surface area (Å²) in [6.07, 6.45) is 3.71. The fourth-order valence-electron chi connectivity index (χ4n) is 2.79. The van der Waals surface area contributed by atoms with Crippen molar-refractivity contribution >= 4 is 5.91 Å². The molecule has 0 aliphatic heterocycles. The maximum Gasteiger partial charge on any atom is 0.237 e. The lowest BCUT2D eigenvalue weighted by molar-refractivity contribution is -0.125. The molecule has 17 heavy (non-hydrogen) atoms. The molecule has 0 atom stereocenters. The van der Waals surface area contributed by atoms with Gasteiger partial charge in [0, 0.05) is 0 Å². The molecular weight excluding hydrogens is 212 g/mol. The number of hydrogen-bond acceptors (Lipinski definition) is 2. The molecule has 92 valence electrons. The van der Waals surface area contributed by atoms with Crippen LogP contribution in [0, 0.1) is 0 Å². The highest BCUT2D eigenvalue weighted by atomic mass is 16.1. The molecule has 3 nitrogen and oxygen atoms in total. The number of amides is 1. The topological polar surface area (TPSA) is 55.1 Å². The Bertz CT molecular complexity index is 380. The molecule has 1 saturated carbocycles. The van der Waals surface area contributed by atoms with E-state index in [1.165, 1.54) is 5.56 Å². The molecule has 0 aromatic heterocycles. The van der Waals surface area contributed by atoms with E-state index in [2.05, 4.69) is 29.6 Å². The molecule has 2 rings (SSSR count). The fraction of sp³-hybridized carbons (Fsp3) is 0.500. The first-order chi connectivity index (χ1) is 8.18. The van der Waals surface area contributed by atoms with Gasteiger partial charge in [0.1, 0.15) is 0 Å². The number of nitrogens with one attached hydrogen (secondary N) is 1. The maximum atomic E-state index is 11.5. The second-order valence-electron chi connectivity index (χ2n) is 4.88. The molecule has 1 fully saturated rings. The molecule has 0 saturated heterocycles. The van der Waals surface area contributed by atoms with Crippen LogP contribution in [0.3, 0.4) is 0 Å². The number of hydrogen-bond donors (Lipinski definition) is 2. The zero-order chi connectivity index (χ0) is 12.3. The summed E-state index contributed by atoms with van der Waals surface area (Å²) in [4.78, 5) is 11.5. The minimum atomic E-state index is -0.481. The minimum Gasteiger partial charge on any atom is -0.368 e. The number of nitrogens with two attached hydrogens (primary N) is 1. The van der Waals surface area contributed by atoms with Crippen LogP contribution in [-0.2, 0) is 4.79 Å². The molecule has 1 aromatic rings. The van der Waals surface area contributed by atoms with Gasteiger partial charge in [-0.25, -0.2) is 0 Å². The molecule has 3 heteroatoms. The molecular formula is C14H20N2O. The summed E-state index contributed by atoms with van der Waals surface area (Å²) in [6.45, 7) is 0. The molecule has 1 aromatic carbocycles. The number of carbonyl (C=O) groups is 1. The van der Waals surface area contributed by atoms with Crippen LogP contribution < -0.4 is 11.1 Å². The lowest BCUT2D eigenvalue weighted by Crippen LogP contribution is -2.55. The maximum absolute atomic E-state index is 11.5. The van der Waals surface area contributed by atoms with E-state index in [1.54, 1.807) is 0 Å². The van der Waals surface area contributed by atoms with Gasteiger partial charge in [-0.3, -0.25) is 4.79 Å². The Kier molecular flexibility index (Phi) is 3.48. The van der Waals surface area contributed by atoms with Crippen molar-refractivity contribution in [3.8, 4) is 0 Å². The molecule has 1 amide bonds. The Labute approximate surface area is 102 Å². The summed E-state index contributed by atoms with van der Waals surface area (Å²) in [7, 11) is 1.83. The summed E-state index contributed by atoms with van der Waals surface area (Å²) in [5.41, 5.74) is 6.39. The minimum absolute atomic E-state index is 0.216. The lowest BCUT2D eigenvalue weighted by Gasteiger charge is -2.37. The number of rotatable bonds is 3. The second-order valence-corrected chi connectivity index (χ2v) is 4.88. The van der Waals surface area contributed by atoms with Gasteiger partial charge in [0.25, 0.3) is 0 Å². The summed E-state index contributed by atoms with van der Waals surface area (Å²) < 4.78 is 0. The molecule has 1 aliphatic carbocycles. The van der Waals surface area contributed by atoms with Crippen molar-refractivity contribution in [2.45, 2.75) is 37.1 Å². The van der Waals surface area contributed by atoms with Crippen LogP contribution in [0.25, 0.3) is 0 Å². The summed E-state index contributed by atoms with van der Waals surface area (Å²) in [6, 6.07) is 10.5. The molecule has 0 bridgehead atoms. The van der Waals surface area contributed by atoms with Gasteiger partial charge in [-0.2, -0.15) is 0 Å². The van der Waals surface area contributed by atoms with Gasteiger partial charge in [0.15, 0.2) is 0 Å². The van der Waals surface area contributed by atoms with Crippen LogP contribution >= 0.6 is 0 Å². The van der Waals surface area contributed by atoms with Gasteiger partial charge in [0.2, 0.25) is 5.91 Å². The van der Waals surface area contributed by atoms with Crippen LogP contribution in [0.5, 0.6) is 0 Å². The SMILES string of the molecule is CNC1(C(N)=O)CCC(c2ccccc2)CC1. The predicted octanol–water partition coefficient (Wildman–Crippen LogP) is 1.79. The van der Waals surface area contributed by atoms with Crippen molar-refractivity contribution in [3.63, 3.8) is 0 Å². The van der Waals surface area contributed by atoms with Crippen molar-refractivity contribution in [1.29, 1.82) is 0 Å². The molecule has 0 spiro atoms. The number of likely N-dealkylation sites (N-methyl/N-ethyl adjacent to an activating group) is 1. The number of primary amides is 1. The third kappa shape index (κ3) is 2.34. The number of benzene rings is 1. The molecule has 0 heterocycles. The monoisotopic (exact) mass is 232 g/mol. The first-order valence-electron chi connectivity index (χ1n) is 6.22. The Balaban J connectivity index is 2.05. The standard InChI is InChI=1S/C14H20N2O/c1-16-14(13(15)17)9-7-12(8-10-14)11-5-3-2-4-6-11/h2-6,12,16H,7-10H2,1H3,(H2,15,17). The van der Waals surface area contributed by atoms with E-state index in [0.717, 1.165) is 25.7 Å².